The van der Waals surface area contributed by atoms with Crippen LogP contribution in [0.1, 0.15) is 23.0 Å². The third-order valence-electron chi connectivity index (χ3n) is 4.02. The molecule has 0 unspecified atom stereocenters. The van der Waals surface area contributed by atoms with Crippen molar-refractivity contribution >= 4 is 51.9 Å². The van der Waals surface area contributed by atoms with Crippen LogP contribution >= 0.6 is 23.2 Å². The Balaban J connectivity index is 1.77. The second kappa shape index (κ2) is 8.59. The molecule has 10 heteroatoms. The van der Waals surface area contributed by atoms with Crippen molar-refractivity contribution in [2.75, 3.05) is 11.9 Å². The highest BCUT2D eigenvalue weighted by molar-refractivity contribution is 6.36. The molecule has 0 saturated carbocycles. The van der Waals surface area contributed by atoms with Crippen molar-refractivity contribution in [2.24, 2.45) is 0 Å². The van der Waals surface area contributed by atoms with Gasteiger partial charge in [0.15, 0.2) is 12.4 Å². The van der Waals surface area contributed by atoms with Crippen LogP contribution in [-0.4, -0.2) is 33.0 Å². The van der Waals surface area contributed by atoms with Crippen LogP contribution in [0.15, 0.2) is 35.4 Å². The molecule has 0 saturated heterocycles. The van der Waals surface area contributed by atoms with E-state index in [0.717, 1.165) is 5.69 Å². The van der Waals surface area contributed by atoms with Gasteiger partial charge in [0.1, 0.15) is 11.2 Å². The lowest BCUT2D eigenvalue weighted by molar-refractivity contribution is -0.119. The van der Waals surface area contributed by atoms with E-state index in [0.29, 0.717) is 22.6 Å². The number of nitrogens with one attached hydrogen (secondary N) is 1. The molecular formula is C19H16Cl2N4O4. The van der Waals surface area contributed by atoms with E-state index < -0.39 is 23.9 Å². The molecule has 1 N–H and O–H groups in total. The number of carbonyl (C=O) groups excluding carboxylic acids is 2. The number of ether oxygens (including phenoxy) is 1. The molecule has 3 aromatic rings. The van der Waals surface area contributed by atoms with E-state index in [-0.39, 0.29) is 16.4 Å². The van der Waals surface area contributed by atoms with Crippen molar-refractivity contribution in [3.63, 3.8) is 0 Å². The average Bonchev–Trinajstić information content (AvgIpc) is 2.68. The lowest BCUT2D eigenvalue weighted by Gasteiger charge is -2.11. The fourth-order valence-corrected chi connectivity index (χ4v) is 3.06. The molecule has 3 aromatic heterocycles. The van der Waals surface area contributed by atoms with Crippen molar-refractivity contribution in [3.8, 4) is 0 Å². The highest BCUT2D eigenvalue weighted by atomic mass is 35.5. The van der Waals surface area contributed by atoms with Gasteiger partial charge in [-0.2, -0.15) is 0 Å². The highest BCUT2D eigenvalue weighted by Gasteiger charge is 2.19. The van der Waals surface area contributed by atoms with Gasteiger partial charge in [-0.25, -0.2) is 14.8 Å². The molecule has 3 rings (SSSR count). The van der Waals surface area contributed by atoms with Crippen LogP contribution in [0.3, 0.4) is 0 Å². The fourth-order valence-electron chi connectivity index (χ4n) is 2.63. The highest BCUT2D eigenvalue weighted by Crippen LogP contribution is 2.22. The number of fused-ring (bicyclic) bond motifs is 1. The molecule has 150 valence electrons. The van der Waals surface area contributed by atoms with E-state index >= 15 is 0 Å². The molecule has 0 spiro atoms. The van der Waals surface area contributed by atoms with Gasteiger partial charge in [-0.3, -0.25) is 9.59 Å². The largest absolute Gasteiger partial charge is 0.452 e. The molecule has 1 amide bonds. The SMILES string of the molecule is CCn1cc(C(=O)OCC(=O)Nc2ncc(Cl)cc2Cl)c(=O)c2ccc(C)nc21. The number of amides is 1. The summed E-state index contributed by atoms with van der Waals surface area (Å²) in [6.07, 6.45) is 2.70. The number of hydrogen-bond donors (Lipinski definition) is 1. The number of carbonyl (C=O) groups is 2. The van der Waals surface area contributed by atoms with E-state index in [9.17, 15) is 14.4 Å². The van der Waals surface area contributed by atoms with Crippen molar-refractivity contribution in [3.05, 3.63) is 62.1 Å². The van der Waals surface area contributed by atoms with E-state index in [1.165, 1.54) is 18.5 Å². The quantitative estimate of drug-likeness (QED) is 0.618. The number of halogens is 2. The maximum Gasteiger partial charge on any atom is 0.344 e. The molecule has 0 aliphatic heterocycles. The zero-order chi connectivity index (χ0) is 21.1. The predicted octanol–water partition coefficient (Wildman–Crippen LogP) is 3.22. The summed E-state index contributed by atoms with van der Waals surface area (Å²) in [5.74, 6) is -1.49. The minimum atomic E-state index is -0.912. The second-order valence-electron chi connectivity index (χ2n) is 6.09. The van der Waals surface area contributed by atoms with Crippen LogP contribution in [-0.2, 0) is 16.1 Å². The van der Waals surface area contributed by atoms with Crippen molar-refractivity contribution < 1.29 is 14.3 Å². The Labute approximate surface area is 175 Å². The summed E-state index contributed by atoms with van der Waals surface area (Å²) in [5, 5.41) is 3.16. The van der Waals surface area contributed by atoms with Crippen LogP contribution in [0.2, 0.25) is 10.0 Å². The summed E-state index contributed by atoms with van der Waals surface area (Å²) >= 11 is 11.7. The summed E-state index contributed by atoms with van der Waals surface area (Å²) in [7, 11) is 0. The Kier molecular flexibility index (Phi) is 6.14. The van der Waals surface area contributed by atoms with E-state index in [4.69, 9.17) is 27.9 Å². The topological polar surface area (TPSA) is 103 Å². The molecule has 0 aromatic carbocycles. The number of aromatic nitrogens is 3. The Hall–Kier alpha value is -2.97. The molecule has 8 nitrogen and oxygen atoms in total. The summed E-state index contributed by atoms with van der Waals surface area (Å²) in [6, 6.07) is 4.72. The maximum atomic E-state index is 12.7. The number of nitrogens with zero attached hydrogens (tertiary/aromatic N) is 3. The summed E-state index contributed by atoms with van der Waals surface area (Å²) in [6.45, 7) is 3.55. The molecule has 0 atom stereocenters. The van der Waals surface area contributed by atoms with Crippen molar-refractivity contribution in [2.45, 2.75) is 20.4 Å². The van der Waals surface area contributed by atoms with E-state index in [1.807, 2.05) is 13.8 Å². The number of pyridine rings is 3. The lowest BCUT2D eigenvalue weighted by atomic mass is 10.2. The van der Waals surface area contributed by atoms with Gasteiger partial charge in [0.05, 0.1) is 15.4 Å². The van der Waals surface area contributed by atoms with Crippen LogP contribution in [0.4, 0.5) is 5.82 Å². The Morgan fingerprint density at radius 3 is 2.72 bits per heavy atom. The zero-order valence-electron chi connectivity index (χ0n) is 15.5. The van der Waals surface area contributed by atoms with Gasteiger partial charge in [0, 0.05) is 24.6 Å². The lowest BCUT2D eigenvalue weighted by Crippen LogP contribution is -2.25. The maximum absolute atomic E-state index is 12.7. The Bertz CT molecular complexity index is 1180. The molecule has 0 aliphatic rings. The minimum Gasteiger partial charge on any atom is -0.452 e. The number of aryl methyl sites for hydroxylation is 2. The molecular weight excluding hydrogens is 419 g/mol. The van der Waals surface area contributed by atoms with Crippen LogP contribution < -0.4 is 10.7 Å². The first kappa shape index (κ1) is 20.8. The van der Waals surface area contributed by atoms with E-state index in [2.05, 4.69) is 15.3 Å². The molecule has 29 heavy (non-hydrogen) atoms. The van der Waals surface area contributed by atoms with Gasteiger partial charge < -0.3 is 14.6 Å². The summed E-state index contributed by atoms with van der Waals surface area (Å²) in [4.78, 5) is 45.4. The fraction of sp³-hybridized carbons (Fsp3) is 0.211. The van der Waals surface area contributed by atoms with Gasteiger partial charge in [-0.1, -0.05) is 23.2 Å². The molecule has 3 heterocycles. The summed E-state index contributed by atoms with van der Waals surface area (Å²) < 4.78 is 6.68. The number of esters is 1. The first-order valence-electron chi connectivity index (χ1n) is 8.59. The molecule has 0 aliphatic carbocycles. The van der Waals surface area contributed by atoms with Crippen molar-refractivity contribution in [1.82, 2.24) is 14.5 Å². The number of hydrogen-bond acceptors (Lipinski definition) is 6. The van der Waals surface area contributed by atoms with Gasteiger partial charge in [0.25, 0.3) is 5.91 Å². The van der Waals surface area contributed by atoms with Crippen LogP contribution in [0, 0.1) is 6.92 Å². The minimum absolute atomic E-state index is 0.0811. The first-order valence-corrected chi connectivity index (χ1v) is 9.34. The first-order chi connectivity index (χ1) is 13.8. The molecule has 0 bridgehead atoms. The smallest absolute Gasteiger partial charge is 0.344 e. The Morgan fingerprint density at radius 2 is 2.03 bits per heavy atom. The van der Waals surface area contributed by atoms with E-state index in [1.54, 1.807) is 16.7 Å². The second-order valence-corrected chi connectivity index (χ2v) is 6.93. The summed E-state index contributed by atoms with van der Waals surface area (Å²) in [5.41, 5.74) is 0.543. The van der Waals surface area contributed by atoms with Gasteiger partial charge >= 0.3 is 5.97 Å². The monoisotopic (exact) mass is 434 g/mol. The standard InChI is InChI=1S/C19H16Cl2N4O4/c1-3-25-8-13(16(27)12-5-4-10(2)23-18(12)25)19(28)29-9-15(26)24-17-14(21)6-11(20)7-22-17/h4-8H,3,9H2,1-2H3,(H,22,24,26). The van der Waals surface area contributed by atoms with Crippen LogP contribution in [0.5, 0.6) is 0 Å². The molecule has 0 radical (unpaired) electrons. The van der Waals surface area contributed by atoms with Gasteiger partial charge in [0.2, 0.25) is 5.43 Å². The van der Waals surface area contributed by atoms with Crippen LogP contribution in [0.25, 0.3) is 11.0 Å². The molecule has 0 fully saturated rings. The number of anilines is 1. The third kappa shape index (κ3) is 4.55. The normalized spacial score (nSPS) is 10.8. The van der Waals surface area contributed by atoms with Crippen molar-refractivity contribution in [1.29, 1.82) is 0 Å². The van der Waals surface area contributed by atoms with Gasteiger partial charge in [-0.05, 0) is 32.0 Å². The average molecular weight is 435 g/mol. The number of rotatable bonds is 5. The van der Waals surface area contributed by atoms with Gasteiger partial charge in [-0.15, -0.1) is 0 Å². The Morgan fingerprint density at radius 1 is 1.28 bits per heavy atom. The predicted molar refractivity (Wildman–Crippen MR) is 110 cm³/mol. The zero-order valence-corrected chi connectivity index (χ0v) is 17.0. The third-order valence-corrected chi connectivity index (χ3v) is 4.52.